The molecular formula is C16H14ClNO. The Morgan fingerprint density at radius 3 is 2.53 bits per heavy atom. The van der Waals surface area contributed by atoms with E-state index in [1.54, 1.807) is 12.1 Å². The van der Waals surface area contributed by atoms with Crippen molar-refractivity contribution in [3.05, 3.63) is 60.2 Å². The molecule has 2 aromatic carbocycles. The SMILES string of the molecule is Cc1cc(-c2cccc(O)c2)nc2ccccc12.Cl. The van der Waals surface area contributed by atoms with Crippen molar-refractivity contribution in [3.63, 3.8) is 0 Å². The van der Waals surface area contributed by atoms with Crippen LogP contribution in [0.5, 0.6) is 5.75 Å². The van der Waals surface area contributed by atoms with Crippen molar-refractivity contribution in [2.75, 3.05) is 0 Å². The third-order valence-electron chi connectivity index (χ3n) is 3.06. The van der Waals surface area contributed by atoms with Gasteiger partial charge in [-0.3, -0.25) is 0 Å². The Morgan fingerprint density at radius 2 is 1.74 bits per heavy atom. The van der Waals surface area contributed by atoms with Crippen molar-refractivity contribution < 1.29 is 5.11 Å². The van der Waals surface area contributed by atoms with Crippen LogP contribution >= 0.6 is 12.4 Å². The van der Waals surface area contributed by atoms with E-state index in [1.165, 1.54) is 10.9 Å². The van der Waals surface area contributed by atoms with Crippen LogP contribution in [-0.2, 0) is 0 Å². The summed E-state index contributed by atoms with van der Waals surface area (Å²) in [6.07, 6.45) is 0. The first-order valence-corrected chi connectivity index (χ1v) is 5.90. The number of phenolic OH excluding ortho intramolecular Hbond substituents is 1. The van der Waals surface area contributed by atoms with E-state index < -0.39 is 0 Å². The van der Waals surface area contributed by atoms with Crippen molar-refractivity contribution in [1.29, 1.82) is 0 Å². The first kappa shape index (κ1) is 13.4. The van der Waals surface area contributed by atoms with Crippen LogP contribution in [0.1, 0.15) is 5.56 Å². The maximum atomic E-state index is 9.53. The lowest BCUT2D eigenvalue weighted by atomic mass is 10.1. The summed E-state index contributed by atoms with van der Waals surface area (Å²) in [7, 11) is 0. The molecule has 0 saturated heterocycles. The molecule has 0 aliphatic rings. The molecule has 3 aromatic rings. The molecule has 0 amide bonds. The molecule has 0 saturated carbocycles. The van der Waals surface area contributed by atoms with E-state index in [2.05, 4.69) is 24.0 Å². The first-order valence-electron chi connectivity index (χ1n) is 5.90. The molecule has 1 aromatic heterocycles. The van der Waals surface area contributed by atoms with E-state index in [0.717, 1.165) is 16.8 Å². The molecule has 0 fully saturated rings. The largest absolute Gasteiger partial charge is 0.508 e. The molecule has 1 heterocycles. The standard InChI is InChI=1S/C16H13NO.ClH/c1-11-9-16(12-5-4-6-13(18)10-12)17-15-8-3-2-7-14(11)15;/h2-10,18H,1H3;1H. The van der Waals surface area contributed by atoms with Gasteiger partial charge in [-0.15, -0.1) is 12.4 Å². The third-order valence-corrected chi connectivity index (χ3v) is 3.06. The molecule has 0 unspecified atom stereocenters. The number of aromatic nitrogens is 1. The van der Waals surface area contributed by atoms with Crippen LogP contribution in [0, 0.1) is 6.92 Å². The quantitative estimate of drug-likeness (QED) is 0.714. The highest BCUT2D eigenvalue weighted by atomic mass is 35.5. The molecule has 0 radical (unpaired) electrons. The Kier molecular flexibility index (Phi) is 3.72. The van der Waals surface area contributed by atoms with Gasteiger partial charge in [-0.1, -0.05) is 30.3 Å². The summed E-state index contributed by atoms with van der Waals surface area (Å²) >= 11 is 0. The van der Waals surface area contributed by atoms with Crippen LogP contribution in [0.3, 0.4) is 0 Å². The van der Waals surface area contributed by atoms with E-state index in [-0.39, 0.29) is 18.2 Å². The summed E-state index contributed by atoms with van der Waals surface area (Å²) in [5.41, 5.74) is 4.00. The molecule has 0 bridgehead atoms. The molecule has 3 heteroatoms. The summed E-state index contributed by atoms with van der Waals surface area (Å²) < 4.78 is 0. The Morgan fingerprint density at radius 1 is 0.947 bits per heavy atom. The molecule has 3 rings (SSSR count). The van der Waals surface area contributed by atoms with E-state index >= 15 is 0 Å². The van der Waals surface area contributed by atoms with Gasteiger partial charge in [0.05, 0.1) is 11.2 Å². The van der Waals surface area contributed by atoms with Gasteiger partial charge in [-0.25, -0.2) is 4.98 Å². The van der Waals surface area contributed by atoms with Gasteiger partial charge in [-0.05, 0) is 36.8 Å². The number of aryl methyl sites for hydroxylation is 1. The van der Waals surface area contributed by atoms with Gasteiger partial charge in [0.15, 0.2) is 0 Å². The number of para-hydroxylation sites is 1. The fourth-order valence-corrected chi connectivity index (χ4v) is 2.16. The predicted molar refractivity (Wildman–Crippen MR) is 80.8 cm³/mol. The lowest BCUT2D eigenvalue weighted by Crippen LogP contribution is -1.88. The van der Waals surface area contributed by atoms with Crippen molar-refractivity contribution in [2.45, 2.75) is 6.92 Å². The van der Waals surface area contributed by atoms with Crippen LogP contribution < -0.4 is 0 Å². The second-order valence-electron chi connectivity index (χ2n) is 4.39. The number of phenols is 1. The van der Waals surface area contributed by atoms with E-state index in [1.807, 2.05) is 30.3 Å². The number of aromatic hydroxyl groups is 1. The predicted octanol–water partition coefficient (Wildman–Crippen LogP) is 4.34. The topological polar surface area (TPSA) is 33.1 Å². The number of hydrogen-bond donors (Lipinski definition) is 1. The van der Waals surface area contributed by atoms with Gasteiger partial charge in [0, 0.05) is 10.9 Å². The minimum absolute atomic E-state index is 0. The minimum atomic E-state index is 0. The first-order chi connectivity index (χ1) is 8.74. The Balaban J connectivity index is 0.00000133. The maximum Gasteiger partial charge on any atom is 0.116 e. The normalized spacial score (nSPS) is 10.2. The molecule has 0 spiro atoms. The van der Waals surface area contributed by atoms with E-state index in [9.17, 15) is 5.11 Å². The number of nitrogens with zero attached hydrogens (tertiary/aromatic N) is 1. The molecular weight excluding hydrogens is 258 g/mol. The summed E-state index contributed by atoms with van der Waals surface area (Å²) in [6, 6.07) is 17.3. The molecule has 19 heavy (non-hydrogen) atoms. The van der Waals surface area contributed by atoms with Crippen molar-refractivity contribution in [2.24, 2.45) is 0 Å². The minimum Gasteiger partial charge on any atom is -0.508 e. The highest BCUT2D eigenvalue weighted by Crippen LogP contribution is 2.26. The summed E-state index contributed by atoms with van der Waals surface area (Å²) in [6.45, 7) is 2.08. The van der Waals surface area contributed by atoms with Crippen LogP contribution in [0.25, 0.3) is 22.2 Å². The van der Waals surface area contributed by atoms with Gasteiger partial charge < -0.3 is 5.11 Å². The number of hydrogen-bond acceptors (Lipinski definition) is 2. The zero-order valence-electron chi connectivity index (χ0n) is 10.5. The van der Waals surface area contributed by atoms with E-state index in [4.69, 9.17) is 0 Å². The average Bonchev–Trinajstić information content (AvgIpc) is 2.39. The second kappa shape index (κ2) is 5.29. The van der Waals surface area contributed by atoms with Gasteiger partial charge in [0.25, 0.3) is 0 Å². The molecule has 0 aliphatic heterocycles. The Hall–Kier alpha value is -2.06. The summed E-state index contributed by atoms with van der Waals surface area (Å²) in [5.74, 6) is 0.264. The number of benzene rings is 2. The second-order valence-corrected chi connectivity index (χ2v) is 4.39. The molecule has 0 aliphatic carbocycles. The number of halogens is 1. The van der Waals surface area contributed by atoms with Crippen LogP contribution in [0.4, 0.5) is 0 Å². The lowest BCUT2D eigenvalue weighted by Gasteiger charge is -2.06. The van der Waals surface area contributed by atoms with Gasteiger partial charge in [0.2, 0.25) is 0 Å². The fraction of sp³-hybridized carbons (Fsp3) is 0.0625. The van der Waals surface area contributed by atoms with Gasteiger partial charge in [0.1, 0.15) is 5.75 Å². The fourth-order valence-electron chi connectivity index (χ4n) is 2.16. The number of rotatable bonds is 1. The highest BCUT2D eigenvalue weighted by molar-refractivity contribution is 5.85. The number of fused-ring (bicyclic) bond motifs is 1. The average molecular weight is 272 g/mol. The molecule has 96 valence electrons. The van der Waals surface area contributed by atoms with Crippen LogP contribution in [0.15, 0.2) is 54.6 Å². The Labute approximate surface area is 118 Å². The zero-order chi connectivity index (χ0) is 12.5. The van der Waals surface area contributed by atoms with Crippen LogP contribution in [-0.4, -0.2) is 10.1 Å². The molecule has 1 N–H and O–H groups in total. The van der Waals surface area contributed by atoms with Crippen molar-refractivity contribution in [1.82, 2.24) is 4.98 Å². The van der Waals surface area contributed by atoms with Crippen molar-refractivity contribution >= 4 is 23.3 Å². The molecule has 0 atom stereocenters. The highest BCUT2D eigenvalue weighted by Gasteiger charge is 2.04. The Bertz CT molecular complexity index is 725. The zero-order valence-corrected chi connectivity index (χ0v) is 11.3. The lowest BCUT2D eigenvalue weighted by molar-refractivity contribution is 0.475. The number of pyridine rings is 1. The molecule has 2 nitrogen and oxygen atoms in total. The maximum absolute atomic E-state index is 9.53. The van der Waals surface area contributed by atoms with Gasteiger partial charge in [-0.2, -0.15) is 0 Å². The summed E-state index contributed by atoms with van der Waals surface area (Å²) in [4.78, 5) is 4.64. The monoisotopic (exact) mass is 271 g/mol. The van der Waals surface area contributed by atoms with Gasteiger partial charge >= 0.3 is 0 Å². The van der Waals surface area contributed by atoms with E-state index in [0.29, 0.717) is 0 Å². The van der Waals surface area contributed by atoms with Crippen molar-refractivity contribution in [3.8, 4) is 17.0 Å². The smallest absolute Gasteiger partial charge is 0.116 e. The summed E-state index contributed by atoms with van der Waals surface area (Å²) in [5, 5.41) is 10.7. The third kappa shape index (κ3) is 2.54. The van der Waals surface area contributed by atoms with Crippen LogP contribution in [0.2, 0.25) is 0 Å².